The van der Waals surface area contributed by atoms with Gasteiger partial charge < -0.3 is 0 Å². The van der Waals surface area contributed by atoms with Gasteiger partial charge in [0.25, 0.3) is 0 Å². The maximum absolute atomic E-state index is 11.4. The normalized spacial score (nSPS) is 11.9. The van der Waals surface area contributed by atoms with Gasteiger partial charge in [0.05, 0.1) is 20.6 Å². The lowest BCUT2D eigenvalue weighted by molar-refractivity contribution is -0.998. The predicted molar refractivity (Wildman–Crippen MR) is 55.2 cm³/mol. The molecule has 13 heavy (non-hydrogen) atoms. The molecule has 0 saturated carbocycles. The van der Waals surface area contributed by atoms with E-state index in [0.717, 1.165) is 6.54 Å². The number of carbonyl (C=O) groups excluding carboxylic acids is 1. The summed E-state index contributed by atoms with van der Waals surface area (Å²) in [5, 5.41) is 1.51. The molecule has 0 N–H and O–H groups in total. The number of halogens is 2. The van der Waals surface area contributed by atoms with E-state index in [2.05, 4.69) is 6.92 Å². The molecular formula is C8H16Cl2N2O+. The minimum atomic E-state index is -0.999. The van der Waals surface area contributed by atoms with Gasteiger partial charge in [0.2, 0.25) is 0 Å². The van der Waals surface area contributed by atoms with Crippen molar-refractivity contribution in [2.75, 3.05) is 27.2 Å². The van der Waals surface area contributed by atoms with Crippen molar-refractivity contribution in [3.63, 3.8) is 0 Å². The average molecular weight is 227 g/mol. The first kappa shape index (κ1) is 13.0. The van der Waals surface area contributed by atoms with E-state index in [1.54, 1.807) is 7.05 Å². The quantitative estimate of drug-likeness (QED) is 0.404. The van der Waals surface area contributed by atoms with Gasteiger partial charge >= 0.3 is 5.91 Å². The van der Waals surface area contributed by atoms with Crippen molar-refractivity contribution in [1.29, 1.82) is 0 Å². The highest BCUT2D eigenvalue weighted by Crippen LogP contribution is 2.12. The molecule has 0 aliphatic heterocycles. The fourth-order valence-corrected chi connectivity index (χ4v) is 1.18. The number of alkyl halides is 2. The highest BCUT2D eigenvalue weighted by Gasteiger charge is 2.31. The lowest BCUT2D eigenvalue weighted by Gasteiger charge is -2.39. The molecular weight excluding hydrogens is 211 g/mol. The zero-order valence-electron chi connectivity index (χ0n) is 8.26. The molecule has 0 bridgehead atoms. The first-order valence-corrected chi connectivity index (χ1v) is 4.96. The molecule has 0 heterocycles. The standard InChI is InChI=1S/C8H16Cl2N2O/c1-5-12(4,6-2)11(3)8(13)7(9)10/h7H,1,5-6H2,2-4H3/q+1. The van der Waals surface area contributed by atoms with Crippen LogP contribution in [0.5, 0.6) is 0 Å². The largest absolute Gasteiger partial charge is 0.300 e. The average Bonchev–Trinajstić information content (AvgIpc) is 2.14. The second-order valence-electron chi connectivity index (χ2n) is 3.04. The third kappa shape index (κ3) is 3.01. The molecule has 77 valence electrons. The minimum absolute atomic E-state index is 0.295. The highest BCUT2D eigenvalue weighted by molar-refractivity contribution is 6.53. The van der Waals surface area contributed by atoms with Crippen LogP contribution in [0.25, 0.3) is 0 Å². The van der Waals surface area contributed by atoms with E-state index in [4.69, 9.17) is 23.2 Å². The Bertz CT molecular complexity index is 181. The second-order valence-corrected chi connectivity index (χ2v) is 4.14. The van der Waals surface area contributed by atoms with Crippen LogP contribution >= 0.6 is 23.2 Å². The molecule has 0 aromatic carbocycles. The van der Waals surface area contributed by atoms with E-state index in [-0.39, 0.29) is 5.91 Å². The van der Waals surface area contributed by atoms with Gasteiger partial charge in [-0.3, -0.25) is 4.79 Å². The van der Waals surface area contributed by atoms with E-state index < -0.39 is 4.84 Å². The van der Waals surface area contributed by atoms with E-state index in [9.17, 15) is 4.79 Å². The first-order chi connectivity index (χ1) is 5.89. The zero-order chi connectivity index (χ0) is 10.6. The highest BCUT2D eigenvalue weighted by atomic mass is 35.5. The fourth-order valence-electron chi connectivity index (χ4n) is 0.899. The molecule has 5 heteroatoms. The molecule has 1 amide bonds. The van der Waals surface area contributed by atoms with Gasteiger partial charge in [-0.15, -0.1) is 0 Å². The Hall–Kier alpha value is 0.01000. The Morgan fingerprint density at radius 2 is 2.08 bits per heavy atom. The van der Waals surface area contributed by atoms with E-state index in [0.29, 0.717) is 11.1 Å². The summed E-state index contributed by atoms with van der Waals surface area (Å²) in [4.78, 5) is 10.4. The van der Waals surface area contributed by atoms with Crippen LogP contribution in [-0.4, -0.2) is 47.5 Å². The van der Waals surface area contributed by atoms with Gasteiger partial charge in [0, 0.05) is 6.92 Å². The Morgan fingerprint density at radius 3 is 2.31 bits per heavy atom. The van der Waals surface area contributed by atoms with Crippen LogP contribution in [0.4, 0.5) is 0 Å². The number of nitrogens with zero attached hydrogens (tertiary/aromatic N) is 2. The van der Waals surface area contributed by atoms with Crippen molar-refractivity contribution in [3.8, 4) is 0 Å². The number of amides is 1. The van der Waals surface area contributed by atoms with Gasteiger partial charge in [-0.05, 0) is 6.92 Å². The van der Waals surface area contributed by atoms with Crippen LogP contribution in [0.15, 0.2) is 0 Å². The molecule has 0 spiro atoms. The monoisotopic (exact) mass is 226 g/mol. The molecule has 0 fully saturated rings. The molecule has 0 rings (SSSR count). The van der Waals surface area contributed by atoms with Crippen LogP contribution in [-0.2, 0) is 4.79 Å². The second kappa shape index (κ2) is 5.03. The molecule has 0 aliphatic rings. The fraction of sp³-hybridized carbons (Fsp3) is 0.750. The molecule has 0 aliphatic carbocycles. The maximum Gasteiger partial charge on any atom is 0.300 e. The van der Waals surface area contributed by atoms with E-state index in [1.807, 2.05) is 14.0 Å². The third-order valence-corrected chi connectivity index (χ3v) is 2.77. The van der Waals surface area contributed by atoms with Crippen LogP contribution in [0.3, 0.4) is 0 Å². The topological polar surface area (TPSA) is 20.3 Å². The molecule has 3 nitrogen and oxygen atoms in total. The smallest absolute Gasteiger partial charge is 0.267 e. The third-order valence-electron chi connectivity index (χ3n) is 2.39. The van der Waals surface area contributed by atoms with Crippen molar-refractivity contribution < 1.29 is 9.39 Å². The number of hydrogen-bond acceptors (Lipinski definition) is 1. The van der Waals surface area contributed by atoms with Crippen molar-refractivity contribution in [2.24, 2.45) is 0 Å². The number of carbonyl (C=O) groups is 1. The Labute approximate surface area is 89.8 Å². The van der Waals surface area contributed by atoms with Crippen LogP contribution in [0, 0.1) is 6.92 Å². The lowest BCUT2D eigenvalue weighted by Crippen LogP contribution is -2.59. The molecule has 0 aromatic rings. The molecule has 1 radical (unpaired) electrons. The molecule has 0 aromatic heterocycles. The Balaban J connectivity index is 4.55. The summed E-state index contributed by atoms with van der Waals surface area (Å²) in [7, 11) is 3.58. The summed E-state index contributed by atoms with van der Waals surface area (Å²) in [6.07, 6.45) is 0. The molecule has 1 unspecified atom stereocenters. The summed E-state index contributed by atoms with van der Waals surface area (Å²) >= 11 is 11.0. The SMILES string of the molecule is [CH2]C[N+](C)(CC)N(C)C(=O)C(Cl)Cl. The lowest BCUT2D eigenvalue weighted by atomic mass is 10.5. The van der Waals surface area contributed by atoms with Gasteiger partial charge in [-0.25, -0.2) is 4.59 Å². The summed E-state index contributed by atoms with van der Waals surface area (Å²) in [6.45, 7) is 7.11. The minimum Gasteiger partial charge on any atom is -0.267 e. The Kier molecular flexibility index (Phi) is 5.04. The maximum atomic E-state index is 11.4. The summed E-state index contributed by atoms with van der Waals surface area (Å²) in [5.41, 5.74) is 0. The van der Waals surface area contributed by atoms with Crippen molar-refractivity contribution in [1.82, 2.24) is 5.01 Å². The van der Waals surface area contributed by atoms with Gasteiger partial charge in [0.1, 0.15) is 6.54 Å². The molecule has 1 atom stereocenters. The van der Waals surface area contributed by atoms with Crippen LogP contribution in [0.2, 0.25) is 0 Å². The summed E-state index contributed by atoms with van der Waals surface area (Å²) in [5.74, 6) is -0.295. The molecule has 0 saturated heterocycles. The van der Waals surface area contributed by atoms with E-state index >= 15 is 0 Å². The first-order valence-electron chi connectivity index (χ1n) is 4.09. The van der Waals surface area contributed by atoms with Crippen molar-refractivity contribution in [2.45, 2.75) is 11.8 Å². The van der Waals surface area contributed by atoms with Gasteiger partial charge in [-0.1, -0.05) is 23.2 Å². The van der Waals surface area contributed by atoms with Crippen LogP contribution in [0.1, 0.15) is 6.92 Å². The van der Waals surface area contributed by atoms with Gasteiger partial charge in [-0.2, -0.15) is 5.01 Å². The summed E-state index contributed by atoms with van der Waals surface area (Å²) < 4.78 is 0.411. The van der Waals surface area contributed by atoms with Crippen LogP contribution < -0.4 is 0 Å². The Morgan fingerprint density at radius 1 is 1.62 bits per heavy atom. The number of quaternary nitrogens is 1. The van der Waals surface area contributed by atoms with Crippen molar-refractivity contribution in [3.05, 3.63) is 6.92 Å². The number of rotatable bonds is 4. The number of hydrogen-bond donors (Lipinski definition) is 0. The predicted octanol–water partition coefficient (Wildman–Crippen LogP) is 1.46. The van der Waals surface area contributed by atoms with Gasteiger partial charge in [0.15, 0.2) is 4.84 Å². The van der Waals surface area contributed by atoms with Crippen molar-refractivity contribution >= 4 is 29.1 Å². The summed E-state index contributed by atoms with van der Waals surface area (Å²) in [6, 6.07) is 0. The zero-order valence-corrected chi connectivity index (χ0v) is 9.77. The van der Waals surface area contributed by atoms with E-state index in [1.165, 1.54) is 5.01 Å².